The maximum absolute atomic E-state index is 11.8. The molecule has 0 saturated carbocycles. The Bertz CT molecular complexity index is 578. The summed E-state index contributed by atoms with van der Waals surface area (Å²) in [6, 6.07) is 0. The molecular formula is C12H17N5O2S. The predicted molar refractivity (Wildman–Crippen MR) is 75.5 cm³/mol. The highest BCUT2D eigenvalue weighted by molar-refractivity contribution is 7.14. The third-order valence-electron chi connectivity index (χ3n) is 2.66. The van der Waals surface area contributed by atoms with Gasteiger partial charge in [0.25, 0.3) is 5.91 Å². The van der Waals surface area contributed by atoms with Gasteiger partial charge in [-0.15, -0.1) is 21.5 Å². The Morgan fingerprint density at radius 3 is 3.00 bits per heavy atom. The van der Waals surface area contributed by atoms with Gasteiger partial charge in [-0.25, -0.2) is 4.98 Å². The van der Waals surface area contributed by atoms with Gasteiger partial charge in [0.1, 0.15) is 24.5 Å². The highest BCUT2D eigenvalue weighted by Gasteiger charge is 2.13. The fraction of sp³-hybridized carbons (Fsp3) is 0.500. The van der Waals surface area contributed by atoms with Crippen LogP contribution in [0.5, 0.6) is 0 Å². The van der Waals surface area contributed by atoms with Gasteiger partial charge in [0.15, 0.2) is 5.82 Å². The minimum Gasteiger partial charge on any atom is -0.364 e. The Morgan fingerprint density at radius 1 is 1.55 bits per heavy atom. The van der Waals surface area contributed by atoms with E-state index in [0.717, 1.165) is 10.7 Å². The van der Waals surface area contributed by atoms with Crippen molar-refractivity contribution in [2.75, 3.05) is 11.9 Å². The molecule has 20 heavy (non-hydrogen) atoms. The lowest BCUT2D eigenvalue weighted by Gasteiger charge is -2.07. The molecule has 108 valence electrons. The molecular weight excluding hydrogens is 278 g/mol. The van der Waals surface area contributed by atoms with E-state index in [9.17, 15) is 4.79 Å². The smallest absolute Gasteiger partial charge is 0.251 e. The molecule has 0 atom stereocenters. The number of carbonyl (C=O) groups is 1. The van der Waals surface area contributed by atoms with E-state index in [4.69, 9.17) is 4.74 Å². The Balaban J connectivity index is 1.81. The monoisotopic (exact) mass is 295 g/mol. The summed E-state index contributed by atoms with van der Waals surface area (Å²) < 4.78 is 7.07. The molecule has 1 amide bonds. The van der Waals surface area contributed by atoms with Crippen LogP contribution < -0.4 is 5.32 Å². The molecule has 2 aromatic heterocycles. The number of nitrogens with zero attached hydrogens (tertiary/aromatic N) is 4. The van der Waals surface area contributed by atoms with Crippen LogP contribution in [-0.2, 0) is 23.2 Å². The highest BCUT2D eigenvalue weighted by atomic mass is 32.1. The Labute approximate surface area is 121 Å². The van der Waals surface area contributed by atoms with E-state index in [-0.39, 0.29) is 25.0 Å². The number of thiazole rings is 1. The summed E-state index contributed by atoms with van der Waals surface area (Å²) in [5, 5.41) is 11.2. The van der Waals surface area contributed by atoms with Crippen molar-refractivity contribution in [2.24, 2.45) is 7.05 Å². The van der Waals surface area contributed by atoms with Crippen molar-refractivity contribution in [1.82, 2.24) is 19.7 Å². The minimum atomic E-state index is -0.196. The van der Waals surface area contributed by atoms with Gasteiger partial charge in [0, 0.05) is 7.05 Å². The van der Waals surface area contributed by atoms with Gasteiger partial charge in [-0.1, -0.05) is 13.8 Å². The van der Waals surface area contributed by atoms with Crippen LogP contribution in [-0.4, -0.2) is 32.3 Å². The largest absolute Gasteiger partial charge is 0.364 e. The summed E-state index contributed by atoms with van der Waals surface area (Å²) in [5.41, 5.74) is 2.63. The van der Waals surface area contributed by atoms with Crippen LogP contribution in [0.3, 0.4) is 0 Å². The van der Waals surface area contributed by atoms with Crippen LogP contribution in [0.1, 0.15) is 31.3 Å². The molecule has 0 aliphatic heterocycles. The fourth-order valence-electron chi connectivity index (χ4n) is 1.60. The first-order valence-corrected chi connectivity index (χ1v) is 7.09. The number of amides is 1. The SMILES string of the molecule is CC(C)c1ncsc1NC(=O)COCc1nncn1C. The first-order chi connectivity index (χ1) is 9.58. The number of rotatable bonds is 6. The molecule has 0 aromatic carbocycles. The quantitative estimate of drug-likeness (QED) is 0.874. The van der Waals surface area contributed by atoms with Crippen LogP contribution in [0.2, 0.25) is 0 Å². The van der Waals surface area contributed by atoms with Crippen molar-refractivity contribution >= 4 is 22.2 Å². The average molecular weight is 295 g/mol. The summed E-state index contributed by atoms with van der Waals surface area (Å²) in [7, 11) is 1.82. The van der Waals surface area contributed by atoms with Gasteiger partial charge in [0.2, 0.25) is 0 Å². The summed E-state index contributed by atoms with van der Waals surface area (Å²) in [6.07, 6.45) is 1.59. The predicted octanol–water partition coefficient (Wildman–Crippen LogP) is 1.55. The molecule has 2 heterocycles. The molecule has 2 aromatic rings. The van der Waals surface area contributed by atoms with Crippen molar-refractivity contribution in [3.8, 4) is 0 Å². The lowest BCUT2D eigenvalue weighted by atomic mass is 10.1. The standard InChI is InChI=1S/C12H17N5O2S/c1-8(2)11-12(20-7-13-11)15-10(18)5-19-4-9-16-14-6-17(9)3/h6-8H,4-5H2,1-3H3,(H,15,18). The third-order valence-corrected chi connectivity index (χ3v) is 3.42. The topological polar surface area (TPSA) is 81.9 Å². The van der Waals surface area contributed by atoms with E-state index < -0.39 is 0 Å². The molecule has 0 spiro atoms. The van der Waals surface area contributed by atoms with Crippen molar-refractivity contribution in [2.45, 2.75) is 26.4 Å². The van der Waals surface area contributed by atoms with E-state index in [1.807, 2.05) is 20.9 Å². The number of nitrogens with one attached hydrogen (secondary N) is 1. The van der Waals surface area contributed by atoms with Gasteiger partial charge in [0.05, 0.1) is 11.2 Å². The minimum absolute atomic E-state index is 0.0255. The maximum Gasteiger partial charge on any atom is 0.251 e. The van der Waals surface area contributed by atoms with Gasteiger partial charge in [-0.3, -0.25) is 4.79 Å². The number of hydrogen-bond acceptors (Lipinski definition) is 6. The molecule has 0 aliphatic rings. The third kappa shape index (κ3) is 3.61. The van der Waals surface area contributed by atoms with Crippen molar-refractivity contribution < 1.29 is 9.53 Å². The van der Waals surface area contributed by atoms with Crippen LogP contribution in [0, 0.1) is 0 Å². The molecule has 0 saturated heterocycles. The van der Waals surface area contributed by atoms with Crippen LogP contribution in [0.15, 0.2) is 11.8 Å². The molecule has 0 unspecified atom stereocenters. The van der Waals surface area contributed by atoms with Gasteiger partial charge < -0.3 is 14.6 Å². The number of aryl methyl sites for hydroxylation is 1. The zero-order valence-corrected chi connectivity index (χ0v) is 12.5. The van der Waals surface area contributed by atoms with E-state index in [1.165, 1.54) is 11.3 Å². The number of ether oxygens (including phenoxy) is 1. The average Bonchev–Trinajstić information content (AvgIpc) is 2.99. The van der Waals surface area contributed by atoms with E-state index in [2.05, 4.69) is 20.5 Å². The second-order valence-corrected chi connectivity index (χ2v) is 5.48. The van der Waals surface area contributed by atoms with Crippen LogP contribution in [0.4, 0.5) is 5.00 Å². The summed E-state index contributed by atoms with van der Waals surface area (Å²) in [5.74, 6) is 0.757. The molecule has 7 nitrogen and oxygen atoms in total. The van der Waals surface area contributed by atoms with Crippen LogP contribution >= 0.6 is 11.3 Å². The molecule has 0 aliphatic carbocycles. The zero-order valence-electron chi connectivity index (χ0n) is 11.7. The zero-order chi connectivity index (χ0) is 14.5. The van der Waals surface area contributed by atoms with Crippen LogP contribution in [0.25, 0.3) is 0 Å². The van der Waals surface area contributed by atoms with E-state index in [0.29, 0.717) is 5.82 Å². The summed E-state index contributed by atoms with van der Waals surface area (Å²) >= 11 is 1.41. The van der Waals surface area contributed by atoms with Crippen molar-refractivity contribution in [3.63, 3.8) is 0 Å². The normalized spacial score (nSPS) is 11.0. The Hall–Kier alpha value is -1.80. The number of hydrogen-bond donors (Lipinski definition) is 1. The summed E-state index contributed by atoms with van der Waals surface area (Å²) in [6.45, 7) is 4.30. The molecule has 0 radical (unpaired) electrons. The number of aromatic nitrogens is 4. The second kappa shape index (κ2) is 6.58. The Kier molecular flexibility index (Phi) is 4.80. The van der Waals surface area contributed by atoms with Gasteiger partial charge >= 0.3 is 0 Å². The van der Waals surface area contributed by atoms with E-state index in [1.54, 1.807) is 16.4 Å². The van der Waals surface area contributed by atoms with E-state index >= 15 is 0 Å². The molecule has 2 rings (SSSR count). The maximum atomic E-state index is 11.8. The molecule has 0 bridgehead atoms. The highest BCUT2D eigenvalue weighted by Crippen LogP contribution is 2.26. The first kappa shape index (κ1) is 14.6. The molecule has 8 heteroatoms. The first-order valence-electron chi connectivity index (χ1n) is 6.21. The lowest BCUT2D eigenvalue weighted by Crippen LogP contribution is -2.19. The number of carbonyl (C=O) groups excluding carboxylic acids is 1. The number of anilines is 1. The summed E-state index contributed by atoms with van der Waals surface area (Å²) in [4.78, 5) is 16.0. The lowest BCUT2D eigenvalue weighted by molar-refractivity contribution is -0.121. The Morgan fingerprint density at radius 2 is 2.35 bits per heavy atom. The van der Waals surface area contributed by atoms with Crippen molar-refractivity contribution in [3.05, 3.63) is 23.4 Å². The second-order valence-electron chi connectivity index (χ2n) is 4.62. The molecule has 1 N–H and O–H groups in total. The van der Waals surface area contributed by atoms with Gasteiger partial charge in [-0.05, 0) is 5.92 Å². The fourth-order valence-corrected chi connectivity index (χ4v) is 2.45. The van der Waals surface area contributed by atoms with Gasteiger partial charge in [-0.2, -0.15) is 0 Å². The molecule has 0 fully saturated rings. The van der Waals surface area contributed by atoms with Crippen molar-refractivity contribution in [1.29, 1.82) is 0 Å².